The van der Waals surface area contributed by atoms with Crippen molar-refractivity contribution in [1.29, 1.82) is 0 Å². The molecule has 0 saturated carbocycles. The molecule has 1 atom stereocenters. The van der Waals surface area contributed by atoms with E-state index in [9.17, 15) is 4.39 Å². The van der Waals surface area contributed by atoms with Crippen LogP contribution in [-0.2, 0) is 11.2 Å². The Morgan fingerprint density at radius 3 is 2.79 bits per heavy atom. The van der Waals surface area contributed by atoms with Crippen LogP contribution < -0.4 is 5.32 Å². The van der Waals surface area contributed by atoms with E-state index in [2.05, 4.69) is 18.3 Å². The molecule has 1 aromatic rings. The number of hydrogen-bond donors (Lipinski definition) is 1. The van der Waals surface area contributed by atoms with Crippen LogP contribution in [0.5, 0.6) is 0 Å². The Hall–Kier alpha value is -1.19. The lowest BCUT2D eigenvalue weighted by Crippen LogP contribution is -2.29. The Morgan fingerprint density at radius 2 is 2.11 bits per heavy atom. The van der Waals surface area contributed by atoms with E-state index >= 15 is 0 Å². The number of hydrogen-bond acceptors (Lipinski definition) is 2. The first-order chi connectivity index (χ1) is 9.24. The van der Waals surface area contributed by atoms with Gasteiger partial charge in [-0.25, -0.2) is 4.39 Å². The maximum absolute atomic E-state index is 12.8. The first kappa shape index (κ1) is 14.2. The lowest BCUT2D eigenvalue weighted by molar-refractivity contribution is 0.153. The third-order valence-electron chi connectivity index (χ3n) is 3.45. The Labute approximate surface area is 114 Å². The predicted octanol–water partition coefficient (Wildman–Crippen LogP) is 3.08. The summed E-state index contributed by atoms with van der Waals surface area (Å²) in [7, 11) is 0. The molecule has 0 fully saturated rings. The van der Waals surface area contributed by atoms with Crippen LogP contribution >= 0.6 is 0 Å². The highest BCUT2D eigenvalue weighted by Crippen LogP contribution is 2.11. The summed E-state index contributed by atoms with van der Waals surface area (Å²) in [5.41, 5.74) is 2.67. The molecule has 0 aliphatic carbocycles. The van der Waals surface area contributed by atoms with E-state index in [1.54, 1.807) is 0 Å². The molecule has 0 amide bonds. The zero-order chi connectivity index (χ0) is 13.5. The van der Waals surface area contributed by atoms with E-state index in [1.165, 1.54) is 23.3 Å². The summed E-state index contributed by atoms with van der Waals surface area (Å²) in [6.07, 6.45) is 5.28. The van der Waals surface area contributed by atoms with E-state index in [4.69, 9.17) is 4.74 Å². The molecular formula is C16H22FNO. The molecule has 0 radical (unpaired) electrons. The van der Waals surface area contributed by atoms with E-state index in [-0.39, 0.29) is 5.82 Å². The van der Waals surface area contributed by atoms with Crippen molar-refractivity contribution in [2.45, 2.75) is 32.2 Å². The van der Waals surface area contributed by atoms with Gasteiger partial charge in [0.25, 0.3) is 0 Å². The fraction of sp³-hybridized carbons (Fsp3) is 0.500. The highest BCUT2D eigenvalue weighted by molar-refractivity contribution is 5.17. The Kier molecular flexibility index (Phi) is 5.55. The van der Waals surface area contributed by atoms with Crippen LogP contribution in [0.25, 0.3) is 0 Å². The molecule has 19 heavy (non-hydrogen) atoms. The van der Waals surface area contributed by atoms with Gasteiger partial charge in [-0.15, -0.1) is 0 Å². The topological polar surface area (TPSA) is 21.3 Å². The third-order valence-corrected chi connectivity index (χ3v) is 3.45. The van der Waals surface area contributed by atoms with Crippen LogP contribution in [0.4, 0.5) is 4.39 Å². The summed E-state index contributed by atoms with van der Waals surface area (Å²) in [5.74, 6) is -0.171. The smallest absolute Gasteiger partial charge is 0.123 e. The SMILES string of the molecule is C[C@H](Cc1ccc(F)cc1)NCCC1=CCOCC1. The Balaban J connectivity index is 1.68. The van der Waals surface area contributed by atoms with Crippen molar-refractivity contribution in [2.75, 3.05) is 19.8 Å². The van der Waals surface area contributed by atoms with Crippen LogP contribution in [0, 0.1) is 5.82 Å². The second-order valence-corrected chi connectivity index (χ2v) is 5.12. The minimum atomic E-state index is -0.171. The molecule has 2 rings (SSSR count). The molecule has 1 heterocycles. The average Bonchev–Trinajstić information content (AvgIpc) is 2.43. The quantitative estimate of drug-likeness (QED) is 0.796. The molecule has 1 aromatic carbocycles. The second kappa shape index (κ2) is 7.41. The largest absolute Gasteiger partial charge is 0.377 e. The summed E-state index contributed by atoms with van der Waals surface area (Å²) in [4.78, 5) is 0. The van der Waals surface area contributed by atoms with Crippen molar-refractivity contribution < 1.29 is 9.13 Å². The van der Waals surface area contributed by atoms with Crippen LogP contribution in [0.1, 0.15) is 25.3 Å². The second-order valence-electron chi connectivity index (χ2n) is 5.12. The molecule has 1 aliphatic rings. The van der Waals surface area contributed by atoms with E-state index < -0.39 is 0 Å². The van der Waals surface area contributed by atoms with Gasteiger partial charge in [-0.05, 0) is 50.4 Å². The van der Waals surface area contributed by atoms with Gasteiger partial charge in [0.05, 0.1) is 13.2 Å². The number of benzene rings is 1. The maximum atomic E-state index is 12.8. The van der Waals surface area contributed by atoms with E-state index in [1.807, 2.05) is 12.1 Å². The molecule has 3 heteroatoms. The van der Waals surface area contributed by atoms with Crippen LogP contribution in [-0.4, -0.2) is 25.8 Å². The van der Waals surface area contributed by atoms with E-state index in [0.29, 0.717) is 6.04 Å². The molecule has 0 bridgehead atoms. The fourth-order valence-corrected chi connectivity index (χ4v) is 2.32. The van der Waals surface area contributed by atoms with Crippen LogP contribution in [0.2, 0.25) is 0 Å². The highest BCUT2D eigenvalue weighted by atomic mass is 19.1. The number of nitrogens with one attached hydrogen (secondary N) is 1. The zero-order valence-electron chi connectivity index (χ0n) is 11.5. The maximum Gasteiger partial charge on any atom is 0.123 e. The minimum absolute atomic E-state index is 0.171. The van der Waals surface area contributed by atoms with Gasteiger partial charge in [0.2, 0.25) is 0 Å². The summed E-state index contributed by atoms with van der Waals surface area (Å²) < 4.78 is 18.1. The summed E-state index contributed by atoms with van der Waals surface area (Å²) in [5, 5.41) is 3.52. The number of halogens is 1. The van der Waals surface area contributed by atoms with Crippen LogP contribution in [0.15, 0.2) is 35.9 Å². The highest BCUT2D eigenvalue weighted by Gasteiger charge is 2.06. The monoisotopic (exact) mass is 263 g/mol. The first-order valence-corrected chi connectivity index (χ1v) is 6.97. The van der Waals surface area contributed by atoms with Gasteiger partial charge >= 0.3 is 0 Å². The minimum Gasteiger partial charge on any atom is -0.377 e. The lowest BCUT2D eigenvalue weighted by atomic mass is 10.1. The van der Waals surface area contributed by atoms with Gasteiger partial charge in [-0.1, -0.05) is 23.8 Å². The lowest BCUT2D eigenvalue weighted by Gasteiger charge is -2.17. The fourth-order valence-electron chi connectivity index (χ4n) is 2.32. The molecule has 104 valence electrons. The summed E-state index contributed by atoms with van der Waals surface area (Å²) >= 11 is 0. The van der Waals surface area contributed by atoms with Gasteiger partial charge in [-0.2, -0.15) is 0 Å². The van der Waals surface area contributed by atoms with Crippen molar-refractivity contribution in [1.82, 2.24) is 5.32 Å². The van der Waals surface area contributed by atoms with Gasteiger partial charge in [-0.3, -0.25) is 0 Å². The normalized spacial score (nSPS) is 17.1. The van der Waals surface area contributed by atoms with Gasteiger partial charge in [0.15, 0.2) is 0 Å². The average molecular weight is 263 g/mol. The number of rotatable bonds is 6. The Morgan fingerprint density at radius 1 is 1.32 bits per heavy atom. The summed E-state index contributed by atoms with van der Waals surface area (Å²) in [6.45, 7) is 4.79. The molecule has 0 saturated heterocycles. The van der Waals surface area contributed by atoms with Gasteiger partial charge < -0.3 is 10.1 Å². The molecule has 2 nitrogen and oxygen atoms in total. The standard InChI is InChI=1S/C16H22FNO/c1-13(12-15-2-4-16(17)5-3-15)18-9-6-14-7-10-19-11-8-14/h2-5,7,13,18H,6,8-12H2,1H3/t13-/m1/s1. The van der Waals surface area contributed by atoms with Crippen molar-refractivity contribution >= 4 is 0 Å². The molecule has 0 spiro atoms. The van der Waals surface area contributed by atoms with Crippen molar-refractivity contribution in [3.05, 3.63) is 47.3 Å². The molecule has 0 aromatic heterocycles. The zero-order valence-corrected chi connectivity index (χ0v) is 11.5. The van der Waals surface area contributed by atoms with Crippen LogP contribution in [0.3, 0.4) is 0 Å². The Bertz CT molecular complexity index is 413. The van der Waals surface area contributed by atoms with Gasteiger partial charge in [0, 0.05) is 6.04 Å². The first-order valence-electron chi connectivity index (χ1n) is 6.97. The van der Waals surface area contributed by atoms with Crippen molar-refractivity contribution in [3.8, 4) is 0 Å². The molecule has 1 aliphatic heterocycles. The van der Waals surface area contributed by atoms with Gasteiger partial charge in [0.1, 0.15) is 5.82 Å². The van der Waals surface area contributed by atoms with E-state index in [0.717, 1.165) is 39.0 Å². The molecular weight excluding hydrogens is 241 g/mol. The molecule has 0 unspecified atom stereocenters. The number of ether oxygens (including phenoxy) is 1. The van der Waals surface area contributed by atoms with Crippen molar-refractivity contribution in [3.63, 3.8) is 0 Å². The summed E-state index contributed by atoms with van der Waals surface area (Å²) in [6, 6.07) is 7.17. The molecule has 1 N–H and O–H groups in total. The predicted molar refractivity (Wildman–Crippen MR) is 75.7 cm³/mol. The third kappa shape index (κ3) is 5.13. The van der Waals surface area contributed by atoms with Crippen molar-refractivity contribution in [2.24, 2.45) is 0 Å².